The molecule has 0 bridgehead atoms. The van der Waals surface area contributed by atoms with Crippen LogP contribution in [0.3, 0.4) is 0 Å². The fourth-order valence-corrected chi connectivity index (χ4v) is 1.18. The van der Waals surface area contributed by atoms with E-state index in [0.717, 1.165) is 16.5 Å². The van der Waals surface area contributed by atoms with Gasteiger partial charge in [0, 0.05) is 18.1 Å². The van der Waals surface area contributed by atoms with Crippen LogP contribution in [0.15, 0.2) is 27.7 Å². The second-order valence-electron chi connectivity index (χ2n) is 2.99. The number of hydrogen-bond acceptors (Lipinski definition) is 3. The van der Waals surface area contributed by atoms with E-state index in [0.29, 0.717) is 19.2 Å². The lowest BCUT2D eigenvalue weighted by atomic mass is 10.2. The van der Waals surface area contributed by atoms with Gasteiger partial charge in [-0.3, -0.25) is 5.43 Å². The number of allylic oxidation sites excluding steroid dienone is 2. The lowest BCUT2D eigenvalue weighted by Gasteiger charge is -2.08. The highest BCUT2D eigenvalue weighted by Crippen LogP contribution is 2.17. The number of aliphatic imine (C=N–C) groups is 1. The molecule has 0 radical (unpaired) electrons. The first kappa shape index (κ1) is 15.2. The first-order valence-electron chi connectivity index (χ1n) is 5.25. The van der Waals surface area contributed by atoms with Crippen LogP contribution in [0.4, 0.5) is 0 Å². The minimum absolute atomic E-state index is 0.509. The van der Waals surface area contributed by atoms with Gasteiger partial charge in [0.1, 0.15) is 0 Å². The molecule has 0 aliphatic heterocycles. The molecule has 0 amide bonds. The molecule has 4 nitrogen and oxygen atoms in total. The van der Waals surface area contributed by atoms with Gasteiger partial charge < -0.3 is 4.74 Å². The number of rotatable bonds is 6. The number of ether oxygens (including phenoxy) is 1. The van der Waals surface area contributed by atoms with Crippen molar-refractivity contribution in [3.63, 3.8) is 0 Å². The minimum Gasteiger partial charge on any atom is -0.465 e. The van der Waals surface area contributed by atoms with Crippen molar-refractivity contribution in [3.8, 4) is 0 Å². The summed E-state index contributed by atoms with van der Waals surface area (Å²) in [5.41, 5.74) is 6.63. The van der Waals surface area contributed by atoms with Gasteiger partial charge in [0.25, 0.3) is 6.02 Å². The highest BCUT2D eigenvalue weighted by molar-refractivity contribution is 9.12. The van der Waals surface area contributed by atoms with E-state index in [1.807, 2.05) is 19.9 Å². The maximum Gasteiger partial charge on any atom is 0.299 e. The highest BCUT2D eigenvalue weighted by atomic mass is 79.9. The first-order chi connectivity index (χ1) is 7.65. The van der Waals surface area contributed by atoms with Crippen molar-refractivity contribution >= 4 is 22.0 Å². The van der Waals surface area contributed by atoms with Gasteiger partial charge in [-0.2, -0.15) is 0 Å². The number of nitrogens with one attached hydrogen (secondary N) is 2. The molecule has 0 aliphatic rings. The zero-order chi connectivity index (χ0) is 12.4. The summed E-state index contributed by atoms with van der Waals surface area (Å²) in [6.45, 7) is 9.07. The summed E-state index contributed by atoms with van der Waals surface area (Å²) in [6.07, 6.45) is 2.77. The quantitative estimate of drug-likeness (QED) is 0.341. The molecule has 0 atom stereocenters. The van der Waals surface area contributed by atoms with Crippen LogP contribution in [0.5, 0.6) is 0 Å². The molecule has 0 unspecified atom stereocenters. The number of halogens is 1. The van der Waals surface area contributed by atoms with Crippen LogP contribution in [0, 0.1) is 0 Å². The second-order valence-corrected chi connectivity index (χ2v) is 3.84. The van der Waals surface area contributed by atoms with Crippen LogP contribution >= 0.6 is 15.9 Å². The Morgan fingerprint density at radius 2 is 2.25 bits per heavy atom. The molecule has 0 aromatic rings. The van der Waals surface area contributed by atoms with E-state index in [-0.39, 0.29) is 0 Å². The van der Waals surface area contributed by atoms with Gasteiger partial charge >= 0.3 is 0 Å². The van der Waals surface area contributed by atoms with Gasteiger partial charge in [0.05, 0.1) is 6.61 Å². The van der Waals surface area contributed by atoms with Gasteiger partial charge in [-0.25, -0.2) is 10.4 Å². The topological polar surface area (TPSA) is 45.7 Å². The van der Waals surface area contributed by atoms with Crippen LogP contribution in [-0.2, 0) is 4.74 Å². The molecule has 0 aliphatic carbocycles. The number of nitrogens with zero attached hydrogens (tertiary/aromatic N) is 1. The molecule has 92 valence electrons. The molecule has 0 saturated carbocycles. The second kappa shape index (κ2) is 9.42. The van der Waals surface area contributed by atoms with E-state index >= 15 is 0 Å². The average molecular weight is 290 g/mol. The summed E-state index contributed by atoms with van der Waals surface area (Å²) in [7, 11) is 1.77. The summed E-state index contributed by atoms with van der Waals surface area (Å²) in [6, 6.07) is 0.509. The lowest BCUT2D eigenvalue weighted by Crippen LogP contribution is -2.36. The van der Waals surface area contributed by atoms with Gasteiger partial charge in [0.2, 0.25) is 0 Å². The van der Waals surface area contributed by atoms with Gasteiger partial charge in [-0.05, 0) is 25.8 Å². The molecule has 5 heteroatoms. The Kier molecular flexibility index (Phi) is 8.94. The van der Waals surface area contributed by atoms with E-state index in [9.17, 15) is 0 Å². The van der Waals surface area contributed by atoms with Crippen LogP contribution in [0.25, 0.3) is 0 Å². The molecular weight excluding hydrogens is 270 g/mol. The van der Waals surface area contributed by atoms with Crippen molar-refractivity contribution in [2.75, 3.05) is 20.2 Å². The number of hydrogen-bond donors (Lipinski definition) is 2. The Balaban J connectivity index is 4.08. The van der Waals surface area contributed by atoms with Crippen LogP contribution in [0.2, 0.25) is 0 Å². The Morgan fingerprint density at radius 3 is 2.75 bits per heavy atom. The summed E-state index contributed by atoms with van der Waals surface area (Å²) in [5, 5.41) is 0. The molecule has 0 aromatic carbocycles. The molecule has 0 saturated heterocycles. The van der Waals surface area contributed by atoms with Gasteiger partial charge in [-0.1, -0.05) is 28.6 Å². The van der Waals surface area contributed by atoms with Gasteiger partial charge in [-0.15, -0.1) is 0 Å². The minimum atomic E-state index is 0.509. The summed E-state index contributed by atoms with van der Waals surface area (Å²) in [5.74, 6) is 0. The van der Waals surface area contributed by atoms with E-state index in [1.165, 1.54) is 0 Å². The predicted octanol–water partition coefficient (Wildman–Crippen LogP) is 2.35. The van der Waals surface area contributed by atoms with Crippen LogP contribution < -0.4 is 10.9 Å². The fraction of sp³-hybridized carbons (Fsp3) is 0.545. The fourth-order valence-electron chi connectivity index (χ4n) is 0.981. The third-order valence-electron chi connectivity index (χ3n) is 1.77. The van der Waals surface area contributed by atoms with Crippen molar-refractivity contribution in [1.29, 1.82) is 0 Å². The Labute approximate surface area is 106 Å². The van der Waals surface area contributed by atoms with E-state index in [4.69, 9.17) is 4.74 Å². The molecular formula is C11H20BrN3O. The summed E-state index contributed by atoms with van der Waals surface area (Å²) < 4.78 is 6.30. The first-order valence-corrected chi connectivity index (χ1v) is 6.04. The largest absolute Gasteiger partial charge is 0.465 e. The molecule has 0 aromatic heterocycles. The van der Waals surface area contributed by atoms with E-state index in [2.05, 4.69) is 38.4 Å². The van der Waals surface area contributed by atoms with E-state index in [1.54, 1.807) is 7.05 Å². The van der Waals surface area contributed by atoms with Crippen LogP contribution in [-0.4, -0.2) is 26.2 Å². The zero-order valence-corrected chi connectivity index (χ0v) is 11.7. The Morgan fingerprint density at radius 1 is 1.56 bits per heavy atom. The third kappa shape index (κ3) is 6.63. The van der Waals surface area contributed by atoms with Crippen molar-refractivity contribution in [2.24, 2.45) is 4.99 Å². The molecule has 16 heavy (non-hydrogen) atoms. The van der Waals surface area contributed by atoms with E-state index < -0.39 is 0 Å². The third-order valence-corrected chi connectivity index (χ3v) is 2.79. The predicted molar refractivity (Wildman–Crippen MR) is 72.6 cm³/mol. The zero-order valence-electron chi connectivity index (χ0n) is 10.1. The standard InChI is InChI=1S/C11H20BrN3O/c1-5-10(12)9(3)7-8-14-11(15-13-4)16-6-2/h5,13H,3,6-8H2,1-2,4H3,(H,14,15)/b10-5+. The molecule has 0 heterocycles. The normalized spacial score (nSPS) is 12.5. The molecule has 0 rings (SSSR count). The maximum absolute atomic E-state index is 5.27. The number of hydrazine groups is 1. The molecule has 0 fully saturated rings. The monoisotopic (exact) mass is 289 g/mol. The molecule has 0 spiro atoms. The lowest BCUT2D eigenvalue weighted by molar-refractivity contribution is 0.303. The number of amidine groups is 1. The van der Waals surface area contributed by atoms with Crippen molar-refractivity contribution in [2.45, 2.75) is 20.3 Å². The highest BCUT2D eigenvalue weighted by Gasteiger charge is 1.99. The Bertz CT molecular complexity index is 266. The SMILES string of the molecule is C=C(CCN=C(NNC)OCC)/C(Br)=C\C. The average Bonchev–Trinajstić information content (AvgIpc) is 2.28. The van der Waals surface area contributed by atoms with Crippen molar-refractivity contribution in [3.05, 3.63) is 22.7 Å². The van der Waals surface area contributed by atoms with Crippen molar-refractivity contribution < 1.29 is 4.74 Å². The smallest absolute Gasteiger partial charge is 0.299 e. The van der Waals surface area contributed by atoms with Crippen LogP contribution in [0.1, 0.15) is 20.3 Å². The summed E-state index contributed by atoms with van der Waals surface area (Å²) >= 11 is 3.42. The molecule has 2 N–H and O–H groups in total. The maximum atomic E-state index is 5.27. The van der Waals surface area contributed by atoms with Crippen molar-refractivity contribution in [1.82, 2.24) is 10.9 Å². The van der Waals surface area contributed by atoms with Gasteiger partial charge in [0.15, 0.2) is 0 Å². The Hall–Kier alpha value is -0.810. The summed E-state index contributed by atoms with van der Waals surface area (Å²) in [4.78, 5) is 4.27.